The molecule has 0 aliphatic heterocycles. The van der Waals surface area contributed by atoms with Crippen LogP contribution < -0.4 is 0 Å². The van der Waals surface area contributed by atoms with E-state index in [1.807, 2.05) is 11.9 Å². The number of hydrogen-bond acceptors (Lipinski definition) is 2. The van der Waals surface area contributed by atoms with Gasteiger partial charge in [-0.3, -0.25) is 9.69 Å². The third-order valence-electron chi connectivity index (χ3n) is 1.80. The number of likely N-dealkylation sites (N-methyl/N-ethyl adjacent to an activating group) is 1. The molecule has 0 unspecified atom stereocenters. The molecular weight excluding hydrogens is 138 g/mol. The molecule has 0 saturated carbocycles. The third kappa shape index (κ3) is 6.05. The predicted octanol–water partition coefficient (Wildman–Crippen LogP) is 1.70. The van der Waals surface area contributed by atoms with Gasteiger partial charge >= 0.3 is 0 Å². The number of hydrogen-bond donors (Lipinski definition) is 0. The minimum Gasteiger partial charge on any atom is -0.299 e. The molecule has 0 fully saturated rings. The van der Waals surface area contributed by atoms with Crippen LogP contribution in [0.3, 0.4) is 0 Å². The van der Waals surface area contributed by atoms with E-state index in [0.29, 0.717) is 12.3 Å². The molecule has 0 atom stereocenters. The SMILES string of the molecule is CCCCC(=O)CN(C)CC. The molecule has 0 spiro atoms. The van der Waals surface area contributed by atoms with E-state index in [1.54, 1.807) is 0 Å². The lowest BCUT2D eigenvalue weighted by Gasteiger charge is -2.11. The number of nitrogens with zero attached hydrogens (tertiary/aromatic N) is 1. The van der Waals surface area contributed by atoms with E-state index < -0.39 is 0 Å². The molecule has 0 rings (SSSR count). The lowest BCUT2D eigenvalue weighted by molar-refractivity contribution is -0.120. The quantitative estimate of drug-likeness (QED) is 0.585. The van der Waals surface area contributed by atoms with E-state index in [-0.39, 0.29) is 0 Å². The van der Waals surface area contributed by atoms with Crippen LogP contribution in [-0.2, 0) is 4.79 Å². The highest BCUT2D eigenvalue weighted by Gasteiger charge is 2.03. The summed E-state index contributed by atoms with van der Waals surface area (Å²) in [7, 11) is 1.98. The summed E-state index contributed by atoms with van der Waals surface area (Å²) in [5.41, 5.74) is 0. The Labute approximate surface area is 69.6 Å². The number of Topliss-reactive ketones (excluding diaryl/α,β-unsaturated/α-hetero) is 1. The van der Waals surface area contributed by atoms with Crippen molar-refractivity contribution in [1.29, 1.82) is 0 Å². The standard InChI is InChI=1S/C9H19NO/c1-4-6-7-9(11)8-10(3)5-2/h4-8H2,1-3H3. The summed E-state index contributed by atoms with van der Waals surface area (Å²) in [6, 6.07) is 0. The third-order valence-corrected chi connectivity index (χ3v) is 1.80. The van der Waals surface area contributed by atoms with Crippen LogP contribution in [0.1, 0.15) is 33.1 Å². The van der Waals surface area contributed by atoms with Crippen molar-refractivity contribution in [2.45, 2.75) is 33.1 Å². The van der Waals surface area contributed by atoms with E-state index in [2.05, 4.69) is 13.8 Å². The van der Waals surface area contributed by atoms with E-state index in [1.165, 1.54) is 0 Å². The lowest BCUT2D eigenvalue weighted by Crippen LogP contribution is -2.25. The van der Waals surface area contributed by atoms with E-state index in [0.717, 1.165) is 25.8 Å². The summed E-state index contributed by atoms with van der Waals surface area (Å²) in [6.07, 6.45) is 2.90. The molecule has 0 radical (unpaired) electrons. The Bertz CT molecular complexity index is 112. The normalized spacial score (nSPS) is 10.5. The Morgan fingerprint density at radius 2 is 2.00 bits per heavy atom. The first-order chi connectivity index (χ1) is 5.20. The fourth-order valence-electron chi connectivity index (χ4n) is 0.866. The fraction of sp³-hybridized carbons (Fsp3) is 0.889. The zero-order valence-corrected chi connectivity index (χ0v) is 7.89. The second-order valence-electron chi connectivity index (χ2n) is 2.97. The Balaban J connectivity index is 3.36. The van der Waals surface area contributed by atoms with Gasteiger partial charge in [-0.25, -0.2) is 0 Å². The van der Waals surface area contributed by atoms with E-state index in [4.69, 9.17) is 0 Å². The topological polar surface area (TPSA) is 20.3 Å². The highest BCUT2D eigenvalue weighted by molar-refractivity contribution is 5.80. The van der Waals surface area contributed by atoms with Gasteiger partial charge in [0.05, 0.1) is 6.54 Å². The summed E-state index contributed by atoms with van der Waals surface area (Å²) in [5.74, 6) is 0.371. The van der Waals surface area contributed by atoms with Crippen molar-refractivity contribution in [3.8, 4) is 0 Å². The van der Waals surface area contributed by atoms with Crippen LogP contribution in [0.4, 0.5) is 0 Å². The molecule has 0 aromatic carbocycles. The Morgan fingerprint density at radius 3 is 2.45 bits per heavy atom. The first-order valence-corrected chi connectivity index (χ1v) is 4.41. The molecule has 11 heavy (non-hydrogen) atoms. The van der Waals surface area contributed by atoms with Gasteiger partial charge in [-0.15, -0.1) is 0 Å². The summed E-state index contributed by atoms with van der Waals surface area (Å²) < 4.78 is 0. The Morgan fingerprint density at radius 1 is 1.36 bits per heavy atom. The fourth-order valence-corrected chi connectivity index (χ4v) is 0.866. The minimum absolute atomic E-state index is 0.371. The van der Waals surface area contributed by atoms with Gasteiger partial charge in [0.1, 0.15) is 5.78 Å². The first-order valence-electron chi connectivity index (χ1n) is 4.41. The second kappa shape index (κ2) is 6.35. The number of rotatable bonds is 6. The van der Waals surface area contributed by atoms with Gasteiger partial charge in [-0.05, 0) is 20.0 Å². The van der Waals surface area contributed by atoms with Gasteiger partial charge in [0.15, 0.2) is 0 Å². The second-order valence-corrected chi connectivity index (χ2v) is 2.97. The maximum Gasteiger partial charge on any atom is 0.146 e. The van der Waals surface area contributed by atoms with Crippen molar-refractivity contribution in [3.05, 3.63) is 0 Å². The van der Waals surface area contributed by atoms with Crippen molar-refractivity contribution in [1.82, 2.24) is 4.90 Å². The molecule has 0 amide bonds. The van der Waals surface area contributed by atoms with Gasteiger partial charge in [-0.2, -0.15) is 0 Å². The summed E-state index contributed by atoms with van der Waals surface area (Å²) >= 11 is 0. The summed E-state index contributed by atoms with van der Waals surface area (Å²) in [4.78, 5) is 13.2. The van der Waals surface area contributed by atoms with Gasteiger partial charge in [0.25, 0.3) is 0 Å². The molecular formula is C9H19NO. The van der Waals surface area contributed by atoms with Gasteiger partial charge < -0.3 is 0 Å². The van der Waals surface area contributed by atoms with Crippen molar-refractivity contribution in [2.75, 3.05) is 20.1 Å². The number of carbonyl (C=O) groups excluding carboxylic acids is 1. The van der Waals surface area contributed by atoms with Crippen molar-refractivity contribution >= 4 is 5.78 Å². The smallest absolute Gasteiger partial charge is 0.146 e. The average molecular weight is 157 g/mol. The Kier molecular flexibility index (Phi) is 6.13. The van der Waals surface area contributed by atoms with Gasteiger partial charge in [0, 0.05) is 6.42 Å². The predicted molar refractivity (Wildman–Crippen MR) is 47.7 cm³/mol. The first kappa shape index (κ1) is 10.6. The van der Waals surface area contributed by atoms with Crippen LogP contribution in [0.15, 0.2) is 0 Å². The molecule has 2 nitrogen and oxygen atoms in total. The highest BCUT2D eigenvalue weighted by atomic mass is 16.1. The monoisotopic (exact) mass is 157 g/mol. The van der Waals surface area contributed by atoms with Crippen LogP contribution in [-0.4, -0.2) is 30.8 Å². The molecule has 0 aliphatic rings. The van der Waals surface area contributed by atoms with Gasteiger partial charge in [0.2, 0.25) is 0 Å². The maximum absolute atomic E-state index is 11.1. The summed E-state index contributed by atoms with van der Waals surface area (Å²) in [6.45, 7) is 5.75. The molecule has 0 aliphatic carbocycles. The molecule has 0 saturated heterocycles. The molecule has 2 heteroatoms. The van der Waals surface area contributed by atoms with Crippen LogP contribution in [0.25, 0.3) is 0 Å². The van der Waals surface area contributed by atoms with Crippen LogP contribution >= 0.6 is 0 Å². The lowest BCUT2D eigenvalue weighted by atomic mass is 10.2. The molecule has 0 aromatic rings. The molecule has 0 aromatic heterocycles. The zero-order chi connectivity index (χ0) is 8.69. The van der Waals surface area contributed by atoms with Crippen molar-refractivity contribution < 1.29 is 4.79 Å². The summed E-state index contributed by atoms with van der Waals surface area (Å²) in [5, 5.41) is 0. The average Bonchev–Trinajstić information content (AvgIpc) is 2.00. The zero-order valence-electron chi connectivity index (χ0n) is 7.89. The number of carbonyl (C=O) groups is 1. The molecule has 66 valence electrons. The van der Waals surface area contributed by atoms with Crippen molar-refractivity contribution in [2.24, 2.45) is 0 Å². The van der Waals surface area contributed by atoms with Crippen LogP contribution in [0.5, 0.6) is 0 Å². The molecule has 0 heterocycles. The van der Waals surface area contributed by atoms with E-state index >= 15 is 0 Å². The number of unbranched alkanes of at least 4 members (excludes halogenated alkanes) is 1. The largest absolute Gasteiger partial charge is 0.299 e. The van der Waals surface area contributed by atoms with Gasteiger partial charge in [-0.1, -0.05) is 20.3 Å². The molecule has 0 bridgehead atoms. The highest BCUT2D eigenvalue weighted by Crippen LogP contribution is 1.96. The minimum atomic E-state index is 0.371. The molecule has 0 N–H and O–H groups in total. The van der Waals surface area contributed by atoms with Crippen LogP contribution in [0.2, 0.25) is 0 Å². The van der Waals surface area contributed by atoms with E-state index in [9.17, 15) is 4.79 Å². The Hall–Kier alpha value is -0.370. The number of ketones is 1. The maximum atomic E-state index is 11.1. The van der Waals surface area contributed by atoms with Crippen molar-refractivity contribution in [3.63, 3.8) is 0 Å². The van der Waals surface area contributed by atoms with Crippen LogP contribution in [0, 0.1) is 0 Å².